The molecular weight excluding hydrogens is 328 g/mol. The van der Waals surface area contributed by atoms with Crippen LogP contribution in [0.25, 0.3) is 0 Å². The first-order valence-corrected chi connectivity index (χ1v) is 8.85. The Morgan fingerprint density at radius 2 is 1.79 bits per heavy atom. The molecule has 0 unspecified atom stereocenters. The van der Waals surface area contributed by atoms with Gasteiger partial charge in [0.05, 0.1) is 11.5 Å². The number of amides is 1. The Balaban J connectivity index is 2.14. The second kappa shape index (κ2) is 7.46. The lowest BCUT2D eigenvalue weighted by molar-refractivity contribution is 0.102. The average molecular weight is 348 g/mol. The van der Waals surface area contributed by atoms with E-state index in [1.54, 1.807) is 36.4 Å². The maximum Gasteiger partial charge on any atom is 0.255 e. The summed E-state index contributed by atoms with van der Waals surface area (Å²) >= 11 is 0. The van der Waals surface area contributed by atoms with Gasteiger partial charge in [0.15, 0.2) is 0 Å². The molecule has 0 atom stereocenters. The first-order chi connectivity index (χ1) is 11.3. The highest BCUT2D eigenvalue weighted by Gasteiger charge is 2.17. The van der Waals surface area contributed by atoms with Gasteiger partial charge in [0.2, 0.25) is 10.0 Å². The van der Waals surface area contributed by atoms with Crippen LogP contribution in [-0.4, -0.2) is 39.3 Å². The van der Waals surface area contributed by atoms with Crippen molar-refractivity contribution in [1.82, 2.24) is 4.31 Å². The molecule has 7 heteroatoms. The highest BCUT2D eigenvalue weighted by atomic mass is 32.2. The number of rotatable bonds is 6. The molecule has 6 nitrogen and oxygen atoms in total. The molecule has 0 aliphatic carbocycles. The summed E-state index contributed by atoms with van der Waals surface area (Å²) in [5.41, 5.74) is 0.977. The molecule has 0 heterocycles. The van der Waals surface area contributed by atoms with E-state index < -0.39 is 10.0 Å². The third-order valence-electron chi connectivity index (χ3n) is 3.30. The van der Waals surface area contributed by atoms with E-state index in [4.69, 9.17) is 4.74 Å². The molecule has 2 rings (SSSR count). The monoisotopic (exact) mass is 348 g/mol. The Morgan fingerprint density at radius 1 is 1.12 bits per heavy atom. The number of benzene rings is 2. The van der Waals surface area contributed by atoms with Crippen LogP contribution < -0.4 is 10.1 Å². The van der Waals surface area contributed by atoms with Crippen LogP contribution in [0.4, 0.5) is 5.69 Å². The summed E-state index contributed by atoms with van der Waals surface area (Å²) in [4.78, 5) is 12.4. The zero-order valence-corrected chi connectivity index (χ0v) is 14.6. The number of nitrogens with zero attached hydrogens (tertiary/aromatic N) is 1. The molecule has 1 amide bonds. The number of hydrogen-bond acceptors (Lipinski definition) is 4. The van der Waals surface area contributed by atoms with E-state index in [2.05, 4.69) is 5.32 Å². The quantitative estimate of drug-likeness (QED) is 0.870. The average Bonchev–Trinajstić information content (AvgIpc) is 2.56. The van der Waals surface area contributed by atoms with Crippen molar-refractivity contribution in [2.75, 3.05) is 26.0 Å². The van der Waals surface area contributed by atoms with Crippen molar-refractivity contribution in [2.45, 2.75) is 11.8 Å². The summed E-state index contributed by atoms with van der Waals surface area (Å²) in [7, 11) is -0.545. The van der Waals surface area contributed by atoms with Gasteiger partial charge in [0.25, 0.3) is 5.91 Å². The molecule has 128 valence electrons. The SMILES string of the molecule is CCOc1cccc(C(=O)Nc2ccc(S(=O)(=O)N(C)C)cc2)c1. The van der Waals surface area contributed by atoms with Crippen molar-refractivity contribution in [3.63, 3.8) is 0 Å². The van der Waals surface area contributed by atoms with Gasteiger partial charge in [-0.3, -0.25) is 4.79 Å². The predicted molar refractivity (Wildman–Crippen MR) is 92.9 cm³/mol. The highest BCUT2D eigenvalue weighted by molar-refractivity contribution is 7.89. The Morgan fingerprint density at radius 3 is 2.38 bits per heavy atom. The summed E-state index contributed by atoms with van der Waals surface area (Å²) in [6.45, 7) is 2.39. The smallest absolute Gasteiger partial charge is 0.255 e. The van der Waals surface area contributed by atoms with Crippen molar-refractivity contribution in [2.24, 2.45) is 0 Å². The third kappa shape index (κ3) is 4.12. The number of anilines is 1. The molecule has 0 radical (unpaired) electrons. The highest BCUT2D eigenvalue weighted by Crippen LogP contribution is 2.18. The Labute approximate surface area is 142 Å². The molecule has 2 aromatic carbocycles. The lowest BCUT2D eigenvalue weighted by atomic mass is 10.2. The molecule has 0 aliphatic rings. The van der Waals surface area contributed by atoms with E-state index in [1.807, 2.05) is 6.92 Å². The van der Waals surface area contributed by atoms with E-state index in [-0.39, 0.29) is 10.8 Å². The van der Waals surface area contributed by atoms with Crippen LogP contribution in [-0.2, 0) is 10.0 Å². The molecule has 0 spiro atoms. The minimum Gasteiger partial charge on any atom is -0.494 e. The fourth-order valence-electron chi connectivity index (χ4n) is 2.02. The van der Waals surface area contributed by atoms with Gasteiger partial charge < -0.3 is 10.1 Å². The van der Waals surface area contributed by atoms with Crippen molar-refractivity contribution in [3.8, 4) is 5.75 Å². The largest absolute Gasteiger partial charge is 0.494 e. The van der Waals surface area contributed by atoms with Gasteiger partial charge in [-0.05, 0) is 49.4 Å². The summed E-state index contributed by atoms with van der Waals surface area (Å²) in [6, 6.07) is 12.9. The van der Waals surface area contributed by atoms with Crippen molar-refractivity contribution in [1.29, 1.82) is 0 Å². The van der Waals surface area contributed by atoms with Crippen LogP contribution in [0.2, 0.25) is 0 Å². The second-order valence-electron chi connectivity index (χ2n) is 5.23. The molecular formula is C17H20N2O4S. The van der Waals surface area contributed by atoms with Gasteiger partial charge in [0.1, 0.15) is 5.75 Å². The van der Waals surface area contributed by atoms with Crippen molar-refractivity contribution < 1.29 is 17.9 Å². The fourth-order valence-corrected chi connectivity index (χ4v) is 2.92. The van der Waals surface area contributed by atoms with Crippen LogP contribution in [0.1, 0.15) is 17.3 Å². The molecule has 0 aliphatic heterocycles. The first-order valence-electron chi connectivity index (χ1n) is 7.41. The van der Waals surface area contributed by atoms with Gasteiger partial charge in [-0.25, -0.2) is 12.7 Å². The van der Waals surface area contributed by atoms with Crippen LogP contribution in [0, 0.1) is 0 Å². The van der Waals surface area contributed by atoms with E-state index in [0.29, 0.717) is 23.6 Å². The van der Waals surface area contributed by atoms with Gasteiger partial charge >= 0.3 is 0 Å². The van der Waals surface area contributed by atoms with E-state index in [1.165, 1.54) is 26.2 Å². The van der Waals surface area contributed by atoms with Crippen molar-refractivity contribution in [3.05, 3.63) is 54.1 Å². The van der Waals surface area contributed by atoms with Gasteiger partial charge in [-0.1, -0.05) is 6.07 Å². The molecule has 24 heavy (non-hydrogen) atoms. The summed E-state index contributed by atoms with van der Waals surface area (Å²) in [6.07, 6.45) is 0. The summed E-state index contributed by atoms with van der Waals surface area (Å²) < 4.78 is 30.5. The zero-order chi connectivity index (χ0) is 17.7. The van der Waals surface area contributed by atoms with Crippen LogP contribution in [0.15, 0.2) is 53.4 Å². The van der Waals surface area contributed by atoms with Crippen molar-refractivity contribution >= 4 is 21.6 Å². The number of nitrogens with one attached hydrogen (secondary N) is 1. The van der Waals surface area contributed by atoms with Gasteiger partial charge in [0, 0.05) is 25.3 Å². The lowest BCUT2D eigenvalue weighted by Gasteiger charge is -2.12. The maximum absolute atomic E-state index is 12.3. The molecule has 0 bridgehead atoms. The second-order valence-corrected chi connectivity index (χ2v) is 7.38. The van der Waals surface area contributed by atoms with Gasteiger partial charge in [-0.2, -0.15) is 0 Å². The molecule has 0 saturated carbocycles. The molecule has 0 saturated heterocycles. The molecule has 0 aromatic heterocycles. The zero-order valence-electron chi connectivity index (χ0n) is 13.8. The summed E-state index contributed by atoms with van der Waals surface area (Å²) in [5, 5.41) is 2.73. The molecule has 0 fully saturated rings. The first kappa shape index (κ1) is 18.0. The maximum atomic E-state index is 12.3. The van der Waals surface area contributed by atoms with E-state index >= 15 is 0 Å². The molecule has 2 aromatic rings. The fraction of sp³-hybridized carbons (Fsp3) is 0.235. The normalized spacial score (nSPS) is 11.3. The number of carbonyl (C=O) groups excluding carboxylic acids is 1. The number of ether oxygens (including phenoxy) is 1. The predicted octanol–water partition coefficient (Wildman–Crippen LogP) is 2.59. The Hall–Kier alpha value is -2.38. The van der Waals surface area contributed by atoms with Crippen LogP contribution in [0.3, 0.4) is 0 Å². The van der Waals surface area contributed by atoms with E-state index in [9.17, 15) is 13.2 Å². The molecule has 1 N–H and O–H groups in total. The lowest BCUT2D eigenvalue weighted by Crippen LogP contribution is -2.22. The van der Waals surface area contributed by atoms with E-state index in [0.717, 1.165) is 4.31 Å². The Kier molecular flexibility index (Phi) is 5.58. The summed E-state index contributed by atoms with van der Waals surface area (Å²) in [5.74, 6) is 0.331. The van der Waals surface area contributed by atoms with Crippen LogP contribution in [0.5, 0.6) is 5.75 Å². The Bertz CT molecular complexity index is 815. The number of hydrogen-bond donors (Lipinski definition) is 1. The minimum absolute atomic E-state index is 0.170. The number of carbonyl (C=O) groups is 1. The topological polar surface area (TPSA) is 75.7 Å². The minimum atomic E-state index is -3.48. The van der Waals surface area contributed by atoms with Gasteiger partial charge in [-0.15, -0.1) is 0 Å². The standard InChI is InChI=1S/C17H20N2O4S/c1-4-23-15-7-5-6-13(12-15)17(20)18-14-8-10-16(11-9-14)24(21,22)19(2)3/h5-12H,4H2,1-3H3,(H,18,20). The number of sulfonamides is 1. The van der Waals surface area contributed by atoms with Crippen LogP contribution >= 0.6 is 0 Å². The third-order valence-corrected chi connectivity index (χ3v) is 5.13.